The Morgan fingerprint density at radius 2 is 1.97 bits per heavy atom. The zero-order chi connectivity index (χ0) is 20.9. The second kappa shape index (κ2) is 9.58. The molecule has 2 aromatic rings. The first-order valence-corrected chi connectivity index (χ1v) is 11.9. The Morgan fingerprint density at radius 1 is 1.28 bits per heavy atom. The maximum absolute atomic E-state index is 11.5. The van der Waals surface area contributed by atoms with Gasteiger partial charge >= 0.3 is 6.01 Å². The fourth-order valence-electron chi connectivity index (χ4n) is 3.51. The van der Waals surface area contributed by atoms with Crippen molar-refractivity contribution < 1.29 is 22.8 Å². The normalized spacial score (nSPS) is 16.7. The van der Waals surface area contributed by atoms with Gasteiger partial charge < -0.3 is 19.3 Å². The number of benzene rings is 1. The van der Waals surface area contributed by atoms with Gasteiger partial charge in [0.2, 0.25) is 0 Å². The standard InChI is InChI=1S/C20H29N3O5S/c1-15(27-17-5-7-18(8-6-17)29(2,25)26)3-4-16-9-12-23(13-10-16)20-21-19(11-14-24)22-28-20/h5-8,15-16,24H,3-4,9-14H2,1-2H3/t15-/m1/s1. The number of anilines is 1. The zero-order valence-electron chi connectivity index (χ0n) is 17.0. The summed E-state index contributed by atoms with van der Waals surface area (Å²) in [5.41, 5.74) is 0. The Balaban J connectivity index is 1.40. The Hall–Kier alpha value is -2.13. The molecule has 1 aliphatic heterocycles. The molecule has 0 radical (unpaired) electrons. The molecule has 0 spiro atoms. The van der Waals surface area contributed by atoms with Gasteiger partial charge in [-0.05, 0) is 62.8 Å². The lowest BCUT2D eigenvalue weighted by Gasteiger charge is -2.31. The van der Waals surface area contributed by atoms with E-state index in [2.05, 4.69) is 15.0 Å². The molecule has 1 N–H and O–H groups in total. The van der Waals surface area contributed by atoms with Crippen molar-refractivity contribution in [2.45, 2.75) is 50.0 Å². The largest absolute Gasteiger partial charge is 0.491 e. The molecule has 9 heteroatoms. The van der Waals surface area contributed by atoms with Crippen LogP contribution >= 0.6 is 0 Å². The van der Waals surface area contributed by atoms with Crippen LogP contribution in [0.5, 0.6) is 5.75 Å². The maximum atomic E-state index is 11.5. The van der Waals surface area contributed by atoms with Crippen molar-refractivity contribution in [1.82, 2.24) is 10.1 Å². The molecule has 8 nitrogen and oxygen atoms in total. The second-order valence-electron chi connectivity index (χ2n) is 7.65. The van der Waals surface area contributed by atoms with Gasteiger partial charge in [-0.3, -0.25) is 0 Å². The van der Waals surface area contributed by atoms with Crippen LogP contribution in [0.15, 0.2) is 33.7 Å². The number of ether oxygens (including phenoxy) is 1. The molecule has 0 amide bonds. The second-order valence-corrected chi connectivity index (χ2v) is 9.66. The molecule has 1 aliphatic rings. The van der Waals surface area contributed by atoms with Crippen molar-refractivity contribution in [3.63, 3.8) is 0 Å². The number of nitrogens with zero attached hydrogens (tertiary/aromatic N) is 3. The van der Waals surface area contributed by atoms with Crippen LogP contribution in [0.4, 0.5) is 6.01 Å². The Morgan fingerprint density at radius 3 is 2.59 bits per heavy atom. The van der Waals surface area contributed by atoms with Crippen LogP contribution in [-0.4, -0.2) is 55.7 Å². The van der Waals surface area contributed by atoms with Crippen LogP contribution in [0.2, 0.25) is 0 Å². The molecule has 160 valence electrons. The van der Waals surface area contributed by atoms with Crippen molar-refractivity contribution in [2.24, 2.45) is 5.92 Å². The summed E-state index contributed by atoms with van der Waals surface area (Å²) in [4.78, 5) is 6.73. The van der Waals surface area contributed by atoms with Crippen LogP contribution in [-0.2, 0) is 16.3 Å². The fourth-order valence-corrected chi connectivity index (χ4v) is 4.15. The van der Waals surface area contributed by atoms with Crippen molar-refractivity contribution >= 4 is 15.9 Å². The minimum Gasteiger partial charge on any atom is -0.491 e. The predicted octanol–water partition coefficient (Wildman–Crippen LogP) is 2.47. The molecule has 3 rings (SSSR count). The summed E-state index contributed by atoms with van der Waals surface area (Å²) < 4.78 is 34.3. The lowest BCUT2D eigenvalue weighted by molar-refractivity contribution is 0.193. The Kier molecular flexibility index (Phi) is 7.13. The average Bonchev–Trinajstić information content (AvgIpc) is 3.15. The van der Waals surface area contributed by atoms with E-state index in [9.17, 15) is 8.42 Å². The van der Waals surface area contributed by atoms with E-state index in [1.807, 2.05) is 6.92 Å². The minimum atomic E-state index is -3.18. The molecular formula is C20H29N3O5S. The molecule has 0 unspecified atom stereocenters. The fraction of sp³-hybridized carbons (Fsp3) is 0.600. The van der Waals surface area contributed by atoms with E-state index in [0.717, 1.165) is 38.8 Å². The van der Waals surface area contributed by atoms with Crippen LogP contribution < -0.4 is 9.64 Å². The molecule has 1 aromatic heterocycles. The zero-order valence-corrected chi connectivity index (χ0v) is 17.8. The summed E-state index contributed by atoms with van der Waals surface area (Å²) in [6, 6.07) is 7.12. The summed E-state index contributed by atoms with van der Waals surface area (Å²) in [6.45, 7) is 3.82. The van der Waals surface area contributed by atoms with Crippen molar-refractivity contribution in [2.75, 3.05) is 30.9 Å². The van der Waals surface area contributed by atoms with Gasteiger partial charge in [-0.2, -0.15) is 4.98 Å². The van der Waals surface area contributed by atoms with E-state index >= 15 is 0 Å². The van der Waals surface area contributed by atoms with Gasteiger partial charge in [-0.15, -0.1) is 0 Å². The summed E-state index contributed by atoms with van der Waals surface area (Å²) in [5, 5.41) is 12.8. The Bertz CT molecular complexity index is 874. The minimum absolute atomic E-state index is 0.0170. The van der Waals surface area contributed by atoms with Crippen LogP contribution in [0.25, 0.3) is 0 Å². The van der Waals surface area contributed by atoms with Crippen LogP contribution in [0.1, 0.15) is 38.4 Å². The van der Waals surface area contributed by atoms with E-state index in [-0.39, 0.29) is 12.7 Å². The topological polar surface area (TPSA) is 106 Å². The third kappa shape index (κ3) is 6.17. The van der Waals surface area contributed by atoms with Gasteiger partial charge in [0.25, 0.3) is 0 Å². The molecule has 1 aromatic carbocycles. The van der Waals surface area contributed by atoms with Crippen LogP contribution in [0, 0.1) is 5.92 Å². The highest BCUT2D eigenvalue weighted by Gasteiger charge is 2.23. The third-order valence-electron chi connectivity index (χ3n) is 5.25. The number of hydrogen-bond acceptors (Lipinski definition) is 8. The van der Waals surface area contributed by atoms with Crippen molar-refractivity contribution in [3.05, 3.63) is 30.1 Å². The molecule has 0 saturated carbocycles. The quantitative estimate of drug-likeness (QED) is 0.656. The van der Waals surface area contributed by atoms with E-state index in [1.54, 1.807) is 24.3 Å². The molecule has 0 aliphatic carbocycles. The van der Waals surface area contributed by atoms with Crippen LogP contribution in [0.3, 0.4) is 0 Å². The van der Waals surface area contributed by atoms with Crippen molar-refractivity contribution in [3.8, 4) is 5.75 Å². The number of sulfone groups is 1. The average molecular weight is 424 g/mol. The van der Waals surface area contributed by atoms with E-state index in [0.29, 0.717) is 34.8 Å². The molecule has 1 fully saturated rings. The number of piperidine rings is 1. The summed E-state index contributed by atoms with van der Waals surface area (Å²) >= 11 is 0. The molecule has 29 heavy (non-hydrogen) atoms. The van der Waals surface area contributed by atoms with Crippen molar-refractivity contribution in [1.29, 1.82) is 0 Å². The first-order valence-electron chi connectivity index (χ1n) is 10.0. The smallest absolute Gasteiger partial charge is 0.324 e. The highest BCUT2D eigenvalue weighted by molar-refractivity contribution is 7.90. The van der Waals surface area contributed by atoms with Gasteiger partial charge in [-0.25, -0.2) is 8.42 Å². The molecule has 2 heterocycles. The van der Waals surface area contributed by atoms with Gasteiger partial charge in [0.1, 0.15) is 5.75 Å². The Labute approximate surface area is 171 Å². The van der Waals surface area contributed by atoms with E-state index in [1.165, 1.54) is 6.26 Å². The predicted molar refractivity (Wildman–Crippen MR) is 109 cm³/mol. The lowest BCUT2D eigenvalue weighted by Crippen LogP contribution is -2.34. The number of aromatic nitrogens is 2. The van der Waals surface area contributed by atoms with E-state index in [4.69, 9.17) is 14.4 Å². The van der Waals surface area contributed by atoms with Gasteiger partial charge in [0.15, 0.2) is 15.7 Å². The number of rotatable bonds is 9. The number of aliphatic hydroxyl groups is 1. The third-order valence-corrected chi connectivity index (χ3v) is 6.38. The first kappa shape index (κ1) is 21.6. The molecule has 0 bridgehead atoms. The highest BCUT2D eigenvalue weighted by Crippen LogP contribution is 2.26. The summed E-state index contributed by atoms with van der Waals surface area (Å²) in [6.07, 6.45) is 5.82. The van der Waals surface area contributed by atoms with Gasteiger partial charge in [0.05, 0.1) is 17.6 Å². The SMILES string of the molecule is C[C@H](CCC1CCN(c2nc(CCO)no2)CC1)Oc1ccc(S(C)(=O)=O)cc1. The first-order chi connectivity index (χ1) is 13.8. The monoisotopic (exact) mass is 423 g/mol. The molecular weight excluding hydrogens is 394 g/mol. The number of hydrogen-bond donors (Lipinski definition) is 1. The summed E-state index contributed by atoms with van der Waals surface area (Å²) in [5.74, 6) is 1.86. The molecule has 1 saturated heterocycles. The van der Waals surface area contributed by atoms with Gasteiger partial charge in [-0.1, -0.05) is 5.16 Å². The number of aliphatic hydroxyl groups excluding tert-OH is 1. The van der Waals surface area contributed by atoms with Gasteiger partial charge in [0, 0.05) is 25.8 Å². The maximum Gasteiger partial charge on any atom is 0.324 e. The molecule has 1 atom stereocenters. The lowest BCUT2D eigenvalue weighted by atomic mass is 9.91. The highest BCUT2D eigenvalue weighted by atomic mass is 32.2. The summed E-state index contributed by atoms with van der Waals surface area (Å²) in [7, 11) is -3.18. The van der Waals surface area contributed by atoms with E-state index < -0.39 is 9.84 Å².